The molecule has 8 heteroatoms. The molecule has 28 heavy (non-hydrogen) atoms. The van der Waals surface area contributed by atoms with Gasteiger partial charge < -0.3 is 29.2 Å². The summed E-state index contributed by atoms with van der Waals surface area (Å²) < 4.78 is 22.6. The van der Waals surface area contributed by atoms with Crippen LogP contribution in [0, 0.1) is 11.8 Å². The molecule has 4 atom stereocenters. The van der Waals surface area contributed by atoms with Gasteiger partial charge in [0.05, 0.1) is 26.4 Å². The fraction of sp³-hybridized carbons (Fsp3) is 0.650. The van der Waals surface area contributed by atoms with Crippen LogP contribution in [0.5, 0.6) is 11.5 Å². The highest BCUT2D eigenvalue weighted by molar-refractivity contribution is 5.39. The number of nitrogens with zero attached hydrogens (tertiary/aromatic N) is 1. The standard InChI is InChI=1S/C19H27NO5.CH2O2/c1-22-16-4-2-3-5-17(16)25-18-9-14-11-20(10-13(14)8-15(18)21)12-19-23-6-7-24-19;2-1-3/h2-5,13-15,18-19,21H,6-12H2,1H3;1H,(H,2,3)/t13-,14+,15+,18+;/m0./s1. The van der Waals surface area contributed by atoms with Gasteiger partial charge in [0.2, 0.25) is 0 Å². The van der Waals surface area contributed by atoms with Gasteiger partial charge in [-0.05, 0) is 36.8 Å². The van der Waals surface area contributed by atoms with Crippen molar-refractivity contribution in [2.45, 2.75) is 31.3 Å². The zero-order valence-corrected chi connectivity index (χ0v) is 16.1. The Morgan fingerprint density at radius 3 is 2.39 bits per heavy atom. The molecule has 4 rings (SSSR count). The topological polar surface area (TPSA) is 97.7 Å². The third kappa shape index (κ3) is 5.14. The number of ether oxygens (including phenoxy) is 4. The van der Waals surface area contributed by atoms with E-state index in [1.807, 2.05) is 24.3 Å². The molecule has 1 aromatic rings. The fourth-order valence-electron chi connectivity index (χ4n) is 4.37. The number of aliphatic hydroxyl groups is 1. The van der Waals surface area contributed by atoms with Crippen molar-refractivity contribution in [3.63, 3.8) is 0 Å². The smallest absolute Gasteiger partial charge is 0.290 e. The van der Waals surface area contributed by atoms with Crippen molar-refractivity contribution in [2.75, 3.05) is 40.0 Å². The number of fused-ring (bicyclic) bond motifs is 1. The van der Waals surface area contributed by atoms with Crippen LogP contribution in [0.1, 0.15) is 12.8 Å². The summed E-state index contributed by atoms with van der Waals surface area (Å²) in [7, 11) is 1.64. The zero-order valence-electron chi connectivity index (χ0n) is 16.1. The summed E-state index contributed by atoms with van der Waals surface area (Å²) >= 11 is 0. The first-order valence-corrected chi connectivity index (χ1v) is 9.65. The van der Waals surface area contributed by atoms with Crippen molar-refractivity contribution >= 4 is 6.47 Å². The number of methoxy groups -OCH3 is 1. The number of hydrogen-bond acceptors (Lipinski definition) is 7. The van der Waals surface area contributed by atoms with Crippen LogP contribution < -0.4 is 9.47 Å². The number of carbonyl (C=O) groups is 1. The molecule has 0 unspecified atom stereocenters. The van der Waals surface area contributed by atoms with E-state index < -0.39 is 6.10 Å². The molecule has 1 aliphatic carbocycles. The first-order chi connectivity index (χ1) is 13.6. The highest BCUT2D eigenvalue weighted by Crippen LogP contribution is 2.39. The molecule has 2 N–H and O–H groups in total. The molecular weight excluding hydrogens is 366 g/mol. The summed E-state index contributed by atoms with van der Waals surface area (Å²) in [6.45, 7) is 3.98. The fourth-order valence-corrected chi connectivity index (χ4v) is 4.37. The Hall–Kier alpha value is -1.87. The van der Waals surface area contributed by atoms with Crippen LogP contribution >= 0.6 is 0 Å². The van der Waals surface area contributed by atoms with Crippen molar-refractivity contribution in [3.05, 3.63) is 24.3 Å². The number of benzene rings is 1. The number of hydrogen-bond donors (Lipinski definition) is 2. The first kappa shape index (κ1) is 20.9. The minimum Gasteiger partial charge on any atom is -0.493 e. The van der Waals surface area contributed by atoms with E-state index in [2.05, 4.69) is 4.90 Å². The summed E-state index contributed by atoms with van der Waals surface area (Å²) in [6.07, 6.45) is 0.937. The predicted molar refractivity (Wildman–Crippen MR) is 100 cm³/mol. The summed E-state index contributed by atoms with van der Waals surface area (Å²) in [4.78, 5) is 10.8. The molecule has 3 aliphatic rings. The van der Waals surface area contributed by atoms with Gasteiger partial charge in [-0.1, -0.05) is 12.1 Å². The Bertz CT molecular complexity index is 622. The van der Waals surface area contributed by atoms with Crippen LogP contribution in [0.2, 0.25) is 0 Å². The highest BCUT2D eigenvalue weighted by atomic mass is 16.7. The van der Waals surface area contributed by atoms with Crippen molar-refractivity contribution < 1.29 is 34.0 Å². The second-order valence-corrected chi connectivity index (χ2v) is 7.36. The van der Waals surface area contributed by atoms with Gasteiger partial charge in [-0.2, -0.15) is 0 Å². The van der Waals surface area contributed by atoms with E-state index in [-0.39, 0.29) is 18.9 Å². The third-order valence-electron chi connectivity index (χ3n) is 5.61. The zero-order chi connectivity index (χ0) is 19.9. The molecule has 3 fully saturated rings. The van der Waals surface area contributed by atoms with Gasteiger partial charge in [-0.15, -0.1) is 0 Å². The lowest BCUT2D eigenvalue weighted by molar-refractivity contribution is -0.122. The van der Waals surface area contributed by atoms with Crippen molar-refractivity contribution in [1.29, 1.82) is 0 Å². The van der Waals surface area contributed by atoms with Gasteiger partial charge in [-0.3, -0.25) is 9.69 Å². The molecule has 1 aromatic carbocycles. The van der Waals surface area contributed by atoms with E-state index in [0.29, 0.717) is 36.5 Å². The lowest BCUT2D eigenvalue weighted by atomic mass is 9.78. The van der Waals surface area contributed by atoms with Crippen molar-refractivity contribution in [2.24, 2.45) is 11.8 Å². The number of likely N-dealkylation sites (tertiary alicyclic amines) is 1. The lowest BCUT2D eigenvalue weighted by Gasteiger charge is -2.35. The maximum absolute atomic E-state index is 10.6. The highest BCUT2D eigenvalue weighted by Gasteiger charge is 2.43. The van der Waals surface area contributed by atoms with Gasteiger partial charge in [0.1, 0.15) is 6.10 Å². The average molecular weight is 395 g/mol. The monoisotopic (exact) mass is 395 g/mol. The molecular formula is C20H29NO7. The van der Waals surface area contributed by atoms with Crippen LogP contribution in [-0.2, 0) is 14.3 Å². The average Bonchev–Trinajstić information content (AvgIpc) is 3.32. The maximum Gasteiger partial charge on any atom is 0.290 e. The summed E-state index contributed by atoms with van der Waals surface area (Å²) in [5, 5.41) is 17.5. The Morgan fingerprint density at radius 2 is 1.75 bits per heavy atom. The molecule has 0 aromatic heterocycles. The SMILES string of the molecule is COc1ccccc1O[C@@H]1C[C@@H]2CN(CC3OCCO3)C[C@@H]2C[C@H]1O.O=CO. The molecule has 2 aliphatic heterocycles. The Balaban J connectivity index is 0.000000706. The van der Waals surface area contributed by atoms with E-state index >= 15 is 0 Å². The van der Waals surface area contributed by atoms with Gasteiger partial charge in [0.15, 0.2) is 17.8 Å². The molecule has 8 nitrogen and oxygen atoms in total. The minimum absolute atomic E-state index is 0.0919. The van der Waals surface area contributed by atoms with E-state index in [1.165, 1.54) is 0 Å². The number of carboxylic acid groups (broad SMARTS) is 1. The van der Waals surface area contributed by atoms with Gasteiger partial charge in [0.25, 0.3) is 6.47 Å². The second-order valence-electron chi connectivity index (χ2n) is 7.36. The Kier molecular flexibility index (Phi) is 7.50. The Labute approximate surface area is 164 Å². The quantitative estimate of drug-likeness (QED) is 0.719. The molecule has 1 saturated carbocycles. The minimum atomic E-state index is -0.440. The van der Waals surface area contributed by atoms with Gasteiger partial charge >= 0.3 is 0 Å². The molecule has 0 bridgehead atoms. The van der Waals surface area contributed by atoms with Gasteiger partial charge in [-0.25, -0.2) is 0 Å². The van der Waals surface area contributed by atoms with Crippen LogP contribution in [0.3, 0.4) is 0 Å². The van der Waals surface area contributed by atoms with E-state index in [0.717, 1.165) is 32.5 Å². The van der Waals surface area contributed by atoms with Crippen LogP contribution in [0.4, 0.5) is 0 Å². The summed E-state index contributed by atoms with van der Waals surface area (Å²) in [5.74, 6) is 2.48. The summed E-state index contributed by atoms with van der Waals surface area (Å²) in [6, 6.07) is 7.62. The lowest BCUT2D eigenvalue weighted by Crippen LogP contribution is -2.42. The van der Waals surface area contributed by atoms with Crippen LogP contribution in [-0.4, -0.2) is 80.0 Å². The number of aliphatic hydroxyl groups excluding tert-OH is 1. The van der Waals surface area contributed by atoms with Crippen molar-refractivity contribution in [3.8, 4) is 11.5 Å². The molecule has 2 heterocycles. The molecule has 0 amide bonds. The van der Waals surface area contributed by atoms with E-state index in [9.17, 15) is 5.11 Å². The maximum atomic E-state index is 10.6. The molecule has 0 spiro atoms. The third-order valence-corrected chi connectivity index (χ3v) is 5.61. The summed E-state index contributed by atoms with van der Waals surface area (Å²) in [5.41, 5.74) is 0. The van der Waals surface area contributed by atoms with Gasteiger partial charge in [0, 0.05) is 19.6 Å². The predicted octanol–water partition coefficient (Wildman–Crippen LogP) is 1.22. The normalized spacial score (nSPS) is 30.2. The molecule has 156 valence electrons. The van der Waals surface area contributed by atoms with E-state index in [1.54, 1.807) is 7.11 Å². The largest absolute Gasteiger partial charge is 0.493 e. The van der Waals surface area contributed by atoms with Crippen LogP contribution in [0.25, 0.3) is 0 Å². The Morgan fingerprint density at radius 1 is 1.14 bits per heavy atom. The van der Waals surface area contributed by atoms with Crippen molar-refractivity contribution in [1.82, 2.24) is 4.90 Å². The van der Waals surface area contributed by atoms with E-state index in [4.69, 9.17) is 28.8 Å². The first-order valence-electron chi connectivity index (χ1n) is 9.65. The number of rotatable bonds is 5. The van der Waals surface area contributed by atoms with Crippen LogP contribution in [0.15, 0.2) is 24.3 Å². The molecule has 0 radical (unpaired) electrons. The second kappa shape index (κ2) is 10.1. The molecule has 2 saturated heterocycles. The number of para-hydroxylation sites is 2.